The Morgan fingerprint density at radius 1 is 1.19 bits per heavy atom. The molecule has 0 radical (unpaired) electrons. The topological polar surface area (TPSA) is 94.9 Å². The van der Waals surface area contributed by atoms with Crippen molar-refractivity contribution >= 4 is 16.0 Å². The lowest BCUT2D eigenvalue weighted by molar-refractivity contribution is -0.136. The van der Waals surface area contributed by atoms with Gasteiger partial charge in [0.25, 0.3) is 0 Å². The summed E-state index contributed by atoms with van der Waals surface area (Å²) in [4.78, 5) is 10.7. The van der Waals surface area contributed by atoms with Gasteiger partial charge in [0.05, 0.1) is 11.0 Å². The summed E-state index contributed by atoms with van der Waals surface area (Å²) in [6, 6.07) is 6.32. The Bertz CT molecular complexity index is 588. The van der Waals surface area contributed by atoms with Crippen LogP contribution in [0.4, 0.5) is 0 Å². The van der Waals surface area contributed by atoms with Crippen LogP contribution in [0.15, 0.2) is 29.2 Å². The Balaban J connectivity index is 2.08. The molecule has 21 heavy (non-hydrogen) atoms. The van der Waals surface area contributed by atoms with E-state index >= 15 is 0 Å². The number of carbonyl (C=O) groups is 1. The first-order chi connectivity index (χ1) is 9.89. The van der Waals surface area contributed by atoms with Gasteiger partial charge in [-0.1, -0.05) is 12.1 Å². The molecular weight excluding hydrogens is 294 g/mol. The monoisotopic (exact) mass is 313 g/mol. The molecule has 1 aromatic carbocycles. The van der Waals surface area contributed by atoms with Gasteiger partial charge >= 0.3 is 5.97 Å². The van der Waals surface area contributed by atoms with Gasteiger partial charge in [-0.15, -0.1) is 0 Å². The molecule has 1 heterocycles. The number of benzene rings is 1. The second-order valence-corrected chi connectivity index (χ2v) is 7.11. The van der Waals surface area contributed by atoms with Crippen molar-refractivity contribution in [3.8, 4) is 0 Å². The number of aliphatic hydroxyl groups excluding tert-OH is 1. The van der Waals surface area contributed by atoms with Gasteiger partial charge in [-0.25, -0.2) is 8.42 Å². The van der Waals surface area contributed by atoms with E-state index in [1.807, 2.05) is 0 Å². The highest BCUT2D eigenvalue weighted by Gasteiger charge is 2.28. The maximum atomic E-state index is 12.4. The Morgan fingerprint density at radius 3 is 2.29 bits per heavy atom. The maximum Gasteiger partial charge on any atom is 0.303 e. The second-order valence-electron chi connectivity index (χ2n) is 5.17. The minimum Gasteiger partial charge on any atom is -0.481 e. The van der Waals surface area contributed by atoms with Gasteiger partial charge < -0.3 is 10.2 Å². The number of sulfonamides is 1. The van der Waals surface area contributed by atoms with Crippen molar-refractivity contribution in [3.63, 3.8) is 0 Å². The Morgan fingerprint density at radius 2 is 1.76 bits per heavy atom. The fourth-order valence-electron chi connectivity index (χ4n) is 2.31. The van der Waals surface area contributed by atoms with Crippen LogP contribution >= 0.6 is 0 Å². The van der Waals surface area contributed by atoms with Crippen LogP contribution in [0.2, 0.25) is 0 Å². The molecule has 7 heteroatoms. The number of hydrogen-bond acceptors (Lipinski definition) is 4. The molecule has 0 aliphatic carbocycles. The number of piperidine rings is 1. The van der Waals surface area contributed by atoms with Gasteiger partial charge in [0, 0.05) is 19.5 Å². The fraction of sp³-hybridized carbons (Fsp3) is 0.500. The molecule has 116 valence electrons. The number of carboxylic acid groups (broad SMARTS) is 1. The highest BCUT2D eigenvalue weighted by atomic mass is 32.2. The number of nitrogens with zero attached hydrogens (tertiary/aromatic N) is 1. The summed E-state index contributed by atoms with van der Waals surface area (Å²) in [7, 11) is -3.53. The normalized spacial score (nSPS) is 17.8. The van der Waals surface area contributed by atoms with Gasteiger partial charge in [-0.3, -0.25) is 4.79 Å². The van der Waals surface area contributed by atoms with Crippen molar-refractivity contribution in [2.75, 3.05) is 13.1 Å². The van der Waals surface area contributed by atoms with Crippen LogP contribution < -0.4 is 0 Å². The number of carboxylic acids is 1. The molecule has 2 rings (SSSR count). The fourth-order valence-corrected chi connectivity index (χ4v) is 3.78. The van der Waals surface area contributed by atoms with Crippen LogP contribution in [-0.2, 0) is 21.2 Å². The van der Waals surface area contributed by atoms with Crippen LogP contribution in [0.1, 0.15) is 24.8 Å². The minimum atomic E-state index is -3.53. The van der Waals surface area contributed by atoms with Gasteiger partial charge in [0.15, 0.2) is 0 Å². The molecule has 2 N–H and O–H groups in total. The van der Waals surface area contributed by atoms with Crippen LogP contribution in [0.25, 0.3) is 0 Å². The summed E-state index contributed by atoms with van der Waals surface area (Å²) >= 11 is 0. The van der Waals surface area contributed by atoms with Crippen molar-refractivity contribution in [1.29, 1.82) is 0 Å². The second kappa shape index (κ2) is 6.55. The number of aliphatic hydroxyl groups is 1. The predicted molar refractivity (Wildman–Crippen MR) is 76.4 cm³/mol. The highest BCUT2D eigenvalue weighted by molar-refractivity contribution is 7.89. The Hall–Kier alpha value is -1.44. The number of aliphatic carboxylic acids is 1. The first kappa shape index (κ1) is 15.9. The van der Waals surface area contributed by atoms with Gasteiger partial charge in [0.1, 0.15) is 0 Å². The highest BCUT2D eigenvalue weighted by Crippen LogP contribution is 2.21. The number of aryl methyl sites for hydroxylation is 1. The van der Waals surface area contributed by atoms with E-state index in [-0.39, 0.29) is 11.3 Å². The molecule has 1 aliphatic rings. The summed E-state index contributed by atoms with van der Waals surface area (Å²) < 4.78 is 26.2. The lowest BCUT2D eigenvalue weighted by atomic mass is 10.1. The SMILES string of the molecule is O=C(O)CCc1ccc(S(=O)(=O)N2CCC(O)CC2)cc1. The van der Waals surface area contributed by atoms with Crippen molar-refractivity contribution in [3.05, 3.63) is 29.8 Å². The molecule has 0 unspecified atom stereocenters. The van der Waals surface area contributed by atoms with E-state index in [4.69, 9.17) is 5.11 Å². The number of rotatable bonds is 5. The molecule has 0 atom stereocenters. The summed E-state index contributed by atoms with van der Waals surface area (Å²) in [5.41, 5.74) is 0.797. The van der Waals surface area contributed by atoms with Crippen LogP contribution in [0.5, 0.6) is 0 Å². The standard InChI is InChI=1S/C14H19NO5S/c16-12-7-9-15(10-8-12)21(19,20)13-4-1-11(2-5-13)3-6-14(17)18/h1-2,4-5,12,16H,3,6-10H2,(H,17,18). The molecule has 0 aromatic heterocycles. The van der Waals surface area contributed by atoms with Crippen LogP contribution in [0, 0.1) is 0 Å². The molecule has 0 spiro atoms. The van der Waals surface area contributed by atoms with Crippen molar-refractivity contribution in [2.24, 2.45) is 0 Å². The molecule has 1 fully saturated rings. The summed E-state index contributed by atoms with van der Waals surface area (Å²) in [5.74, 6) is -0.876. The molecule has 1 aromatic rings. The first-order valence-corrected chi connectivity index (χ1v) is 8.32. The van der Waals surface area contributed by atoms with E-state index in [0.29, 0.717) is 32.4 Å². The Kier molecular flexibility index (Phi) is 4.97. The first-order valence-electron chi connectivity index (χ1n) is 6.88. The molecule has 1 saturated heterocycles. The zero-order chi connectivity index (χ0) is 15.5. The van der Waals surface area contributed by atoms with Crippen molar-refractivity contribution < 1.29 is 23.4 Å². The summed E-state index contributed by atoms with van der Waals surface area (Å²) in [5, 5.41) is 18.1. The molecule has 0 bridgehead atoms. The van der Waals surface area contributed by atoms with Crippen molar-refractivity contribution in [1.82, 2.24) is 4.31 Å². The summed E-state index contributed by atoms with van der Waals surface area (Å²) in [6.07, 6.45) is 0.892. The van der Waals surface area contributed by atoms with E-state index in [1.54, 1.807) is 12.1 Å². The van der Waals surface area contributed by atoms with E-state index in [0.717, 1.165) is 5.56 Å². The smallest absolute Gasteiger partial charge is 0.303 e. The third kappa shape index (κ3) is 4.03. The van der Waals surface area contributed by atoms with E-state index in [1.165, 1.54) is 16.4 Å². The maximum absolute atomic E-state index is 12.4. The van der Waals surface area contributed by atoms with Gasteiger partial charge in [-0.05, 0) is 37.0 Å². The molecule has 0 saturated carbocycles. The zero-order valence-electron chi connectivity index (χ0n) is 11.6. The molecular formula is C14H19NO5S. The zero-order valence-corrected chi connectivity index (χ0v) is 12.4. The van der Waals surface area contributed by atoms with E-state index in [9.17, 15) is 18.3 Å². The lowest BCUT2D eigenvalue weighted by Gasteiger charge is -2.28. The van der Waals surface area contributed by atoms with Gasteiger partial charge in [-0.2, -0.15) is 4.31 Å². The molecule has 6 nitrogen and oxygen atoms in total. The summed E-state index contributed by atoms with van der Waals surface area (Å²) in [6.45, 7) is 0.647. The quantitative estimate of drug-likeness (QED) is 0.840. The molecule has 1 aliphatic heterocycles. The van der Waals surface area contributed by atoms with E-state index in [2.05, 4.69) is 0 Å². The predicted octanol–water partition coefficient (Wildman–Crippen LogP) is 0.849. The lowest BCUT2D eigenvalue weighted by Crippen LogP contribution is -2.39. The van der Waals surface area contributed by atoms with Crippen LogP contribution in [-0.4, -0.2) is 48.1 Å². The van der Waals surface area contributed by atoms with Gasteiger partial charge in [0.2, 0.25) is 10.0 Å². The largest absolute Gasteiger partial charge is 0.481 e. The van der Waals surface area contributed by atoms with E-state index < -0.39 is 22.1 Å². The minimum absolute atomic E-state index is 0.0239. The average Bonchev–Trinajstić information content (AvgIpc) is 2.46. The average molecular weight is 313 g/mol. The Labute approximate surface area is 124 Å². The van der Waals surface area contributed by atoms with Crippen LogP contribution in [0.3, 0.4) is 0 Å². The number of hydrogen-bond donors (Lipinski definition) is 2. The third-order valence-corrected chi connectivity index (χ3v) is 5.52. The molecule has 0 amide bonds. The third-order valence-electron chi connectivity index (χ3n) is 3.61. The van der Waals surface area contributed by atoms with Crippen molar-refractivity contribution in [2.45, 2.75) is 36.7 Å².